The van der Waals surface area contributed by atoms with Crippen LogP contribution in [0, 0.1) is 0 Å². The number of ether oxygens (including phenoxy) is 17. The Morgan fingerprint density at radius 3 is 0.854 bits per heavy atom. The SMILES string of the molecule is CC(=O)NC1C(O)OC(CO)C(OC2OC(COC3OC(COC4OC(CO)C(O)C(O)C4O)C(O)C(OC4OC(CO)C(O)C(O)C4OC4OC(CO)C(O)C(O)C4O)C3O)C(O)C(OC3OC(CO)C(O)C(O)C3OC3OC(CO)C(O)C(O)C3OC3OC(CO)C(O)C(O)C3O)C2O)C1O. The molecule has 45 unspecified atom stereocenters. The number of amides is 1. The minimum Gasteiger partial charge on any atom is -0.394 e. The Labute approximate surface area is 581 Å². The summed E-state index contributed by atoms with van der Waals surface area (Å²) in [7, 11) is 0. The highest BCUT2D eigenvalue weighted by atomic mass is 16.8. The van der Waals surface area contributed by atoms with Gasteiger partial charge < -0.3 is 229 Å². The third-order valence-electron chi connectivity index (χ3n) is 19.1. The lowest BCUT2D eigenvalue weighted by Crippen LogP contribution is -2.69. The van der Waals surface area contributed by atoms with Gasteiger partial charge in [-0.25, -0.2) is 0 Å². The monoisotopic (exact) mass is 1520 g/mol. The maximum atomic E-state index is 12.4. The highest BCUT2D eigenvalue weighted by molar-refractivity contribution is 5.73. The van der Waals surface area contributed by atoms with Crippen LogP contribution in [-0.4, -0.2) is 485 Å². The molecule has 29 N–H and O–H groups in total. The maximum Gasteiger partial charge on any atom is 0.217 e. The predicted octanol–water partition coefficient (Wildman–Crippen LogP) is -20.5. The molecule has 9 aliphatic heterocycles. The number of carbonyl (C=O) groups is 1. The zero-order chi connectivity index (χ0) is 75.6. The second-order valence-electron chi connectivity index (χ2n) is 26.0. The van der Waals surface area contributed by atoms with E-state index >= 15 is 0 Å². The fraction of sp³-hybridized carbons (Fsp3) is 0.982. The average Bonchev–Trinajstić information content (AvgIpc) is 0.770. The van der Waals surface area contributed by atoms with E-state index < -0.39 is 342 Å². The summed E-state index contributed by atoms with van der Waals surface area (Å²) in [5.41, 5.74) is 0. The zero-order valence-corrected chi connectivity index (χ0v) is 54.2. The van der Waals surface area contributed by atoms with Crippen LogP contribution in [-0.2, 0) is 85.3 Å². The summed E-state index contributed by atoms with van der Waals surface area (Å²) >= 11 is 0. The van der Waals surface area contributed by atoms with Crippen molar-refractivity contribution in [2.45, 2.75) is 283 Å². The molecule has 0 radical (unpaired) electrons. The standard InChI is InChI=1S/C56H95NO46/c1-11(65)57-21-30(74)42(18(8-64)89-48(21)86)98-53-41(85)44(100-55-47(36(80)27(71)16(6-62)94-55)103-56-46(35(79)26(70)17(7-63)95-56)102-52-39(83)33(77)24(68)14(4-60)92-52)29(73)20(97-53)10-88-50-40(84)43(28(72)19(96-50)9-87-49-37(81)31(75)22(66)12(2-58)90-49)99-54-45(34(78)25(69)15(5-61)93-54)101-51-38(82)32(76)23(67)13(3-59)91-51/h12-56,58-64,66-86H,2-10H2,1H3,(H,57,65). The molecule has 9 heterocycles. The van der Waals surface area contributed by atoms with Gasteiger partial charge in [-0.15, -0.1) is 0 Å². The minimum absolute atomic E-state index is 0.857. The second-order valence-corrected chi connectivity index (χ2v) is 26.0. The average molecular weight is 1520 g/mol. The zero-order valence-electron chi connectivity index (χ0n) is 54.2. The van der Waals surface area contributed by atoms with Gasteiger partial charge >= 0.3 is 0 Å². The van der Waals surface area contributed by atoms with E-state index in [4.69, 9.17) is 80.5 Å². The lowest BCUT2D eigenvalue weighted by molar-refractivity contribution is -0.408. The van der Waals surface area contributed by atoms with E-state index in [1.165, 1.54) is 0 Å². The molecule has 47 nitrogen and oxygen atoms in total. The smallest absolute Gasteiger partial charge is 0.217 e. The first-order valence-electron chi connectivity index (χ1n) is 32.7. The van der Waals surface area contributed by atoms with Crippen LogP contribution in [0.25, 0.3) is 0 Å². The number of rotatable bonds is 26. The minimum atomic E-state index is -2.52. The van der Waals surface area contributed by atoms with Gasteiger partial charge in [0.15, 0.2) is 56.6 Å². The molecule has 47 heteroatoms. The third-order valence-corrected chi connectivity index (χ3v) is 19.1. The largest absolute Gasteiger partial charge is 0.394 e. The van der Waals surface area contributed by atoms with E-state index in [1.807, 2.05) is 0 Å². The highest BCUT2D eigenvalue weighted by Gasteiger charge is 2.60. The van der Waals surface area contributed by atoms with Crippen LogP contribution < -0.4 is 5.32 Å². The number of carbonyl (C=O) groups excluding carboxylic acids is 1. The first kappa shape index (κ1) is 84.7. The maximum absolute atomic E-state index is 12.4. The molecule has 0 bridgehead atoms. The van der Waals surface area contributed by atoms with Crippen LogP contribution in [0.1, 0.15) is 6.92 Å². The van der Waals surface area contributed by atoms with E-state index in [2.05, 4.69) is 5.32 Å². The Kier molecular flexibility index (Phi) is 30.2. The number of hydrogen-bond donors (Lipinski definition) is 29. The van der Waals surface area contributed by atoms with Crippen molar-refractivity contribution in [3.05, 3.63) is 0 Å². The van der Waals surface area contributed by atoms with Crippen LogP contribution in [0.5, 0.6) is 0 Å². The second kappa shape index (κ2) is 36.7. The van der Waals surface area contributed by atoms with Gasteiger partial charge in [-0.1, -0.05) is 0 Å². The van der Waals surface area contributed by atoms with Crippen molar-refractivity contribution >= 4 is 5.91 Å². The van der Waals surface area contributed by atoms with Crippen LogP contribution >= 0.6 is 0 Å². The molecule has 600 valence electrons. The lowest BCUT2D eigenvalue weighted by atomic mass is 9.94. The summed E-state index contributed by atoms with van der Waals surface area (Å²) in [6.45, 7) is -8.75. The molecule has 9 saturated heterocycles. The fourth-order valence-electron chi connectivity index (χ4n) is 13.1. The number of aliphatic hydroxyl groups excluding tert-OH is 28. The molecule has 45 atom stereocenters. The molecule has 0 aromatic carbocycles. The van der Waals surface area contributed by atoms with E-state index in [-0.39, 0.29) is 0 Å². The first-order chi connectivity index (χ1) is 48.8. The molecule has 0 aromatic heterocycles. The highest BCUT2D eigenvalue weighted by Crippen LogP contribution is 2.40. The van der Waals surface area contributed by atoms with E-state index in [0.29, 0.717) is 0 Å². The van der Waals surface area contributed by atoms with Crippen LogP contribution in [0.3, 0.4) is 0 Å². The molecule has 9 fully saturated rings. The van der Waals surface area contributed by atoms with E-state index in [1.54, 1.807) is 0 Å². The van der Waals surface area contributed by atoms with Crippen molar-refractivity contribution in [2.75, 3.05) is 59.5 Å². The van der Waals surface area contributed by atoms with Gasteiger partial charge in [0, 0.05) is 6.92 Å². The first-order valence-corrected chi connectivity index (χ1v) is 32.7. The molecule has 1 amide bonds. The van der Waals surface area contributed by atoms with Gasteiger partial charge in [0.2, 0.25) is 5.91 Å². The molecule has 0 spiro atoms. The lowest BCUT2D eigenvalue weighted by Gasteiger charge is -2.50. The van der Waals surface area contributed by atoms with Gasteiger partial charge in [-0.3, -0.25) is 4.79 Å². The van der Waals surface area contributed by atoms with Crippen LogP contribution in [0.15, 0.2) is 0 Å². The van der Waals surface area contributed by atoms with Crippen LogP contribution in [0.4, 0.5) is 0 Å². The summed E-state index contributed by atoms with van der Waals surface area (Å²) in [6, 6.07) is -1.77. The van der Waals surface area contributed by atoms with Gasteiger partial charge in [0.25, 0.3) is 0 Å². The van der Waals surface area contributed by atoms with Crippen molar-refractivity contribution in [3.63, 3.8) is 0 Å². The normalized spacial score (nSPS) is 52.4. The molecule has 9 rings (SSSR count). The molecule has 9 aliphatic rings. The third kappa shape index (κ3) is 18.0. The number of aliphatic hydroxyl groups is 28. The summed E-state index contributed by atoms with van der Waals surface area (Å²) in [4.78, 5) is 12.3. The summed E-state index contributed by atoms with van der Waals surface area (Å²) in [6.07, 6.45) is -93.7. The Balaban J connectivity index is 1.05. The predicted molar refractivity (Wildman–Crippen MR) is 309 cm³/mol. The molecule has 0 aromatic rings. The topological polar surface area (TPSA) is 752 Å². The molecule has 103 heavy (non-hydrogen) atoms. The Bertz CT molecular complexity index is 2580. The number of hydrogen-bond acceptors (Lipinski definition) is 46. The van der Waals surface area contributed by atoms with E-state index in [0.717, 1.165) is 6.92 Å². The molecular formula is C56H95NO46. The van der Waals surface area contributed by atoms with Gasteiger partial charge in [0.1, 0.15) is 220 Å². The van der Waals surface area contributed by atoms with Crippen LogP contribution in [0.2, 0.25) is 0 Å². The van der Waals surface area contributed by atoms with Gasteiger partial charge in [-0.05, 0) is 0 Å². The van der Waals surface area contributed by atoms with E-state index in [9.17, 15) is 148 Å². The van der Waals surface area contributed by atoms with Crippen molar-refractivity contribution < 1.29 is 228 Å². The summed E-state index contributed by atoms with van der Waals surface area (Å²) in [5.74, 6) is -0.857. The van der Waals surface area contributed by atoms with Gasteiger partial charge in [-0.2, -0.15) is 0 Å². The molecule has 0 saturated carbocycles. The molecular weight excluding hydrogens is 1420 g/mol. The summed E-state index contributed by atoms with van der Waals surface area (Å²) in [5, 5.41) is 309. The van der Waals surface area contributed by atoms with Crippen molar-refractivity contribution in [1.82, 2.24) is 5.32 Å². The van der Waals surface area contributed by atoms with Gasteiger partial charge in [0.05, 0.1) is 59.5 Å². The van der Waals surface area contributed by atoms with Crippen molar-refractivity contribution in [1.29, 1.82) is 0 Å². The van der Waals surface area contributed by atoms with Crippen molar-refractivity contribution in [3.8, 4) is 0 Å². The van der Waals surface area contributed by atoms with Crippen molar-refractivity contribution in [2.24, 2.45) is 0 Å². The quantitative estimate of drug-likeness (QED) is 0.0382. The fourth-order valence-corrected chi connectivity index (χ4v) is 13.1. The Morgan fingerprint density at radius 1 is 0.252 bits per heavy atom. The Hall–Kier alpha value is -2.33. The number of nitrogens with one attached hydrogen (secondary N) is 1. The summed E-state index contributed by atoms with van der Waals surface area (Å²) < 4.78 is 98.4. The Morgan fingerprint density at radius 2 is 0.505 bits per heavy atom. The molecule has 0 aliphatic carbocycles.